The first-order valence-electron chi connectivity index (χ1n) is 14.4. The molecular formula is C31H44N4O6. The van der Waals surface area contributed by atoms with Crippen molar-refractivity contribution >= 4 is 17.4 Å². The van der Waals surface area contributed by atoms with Crippen molar-refractivity contribution in [2.75, 3.05) is 4.90 Å². The number of benzene rings is 2. The number of para-hydroxylation sites is 1. The van der Waals surface area contributed by atoms with Crippen molar-refractivity contribution in [1.82, 2.24) is 15.0 Å². The van der Waals surface area contributed by atoms with Crippen molar-refractivity contribution in [3.05, 3.63) is 54.1 Å². The molecule has 1 amide bonds. The van der Waals surface area contributed by atoms with Crippen LogP contribution in [0.5, 0.6) is 0 Å². The Morgan fingerprint density at radius 1 is 0.854 bits per heavy atom. The first-order chi connectivity index (χ1) is 19.7. The fourth-order valence-corrected chi connectivity index (χ4v) is 4.57. The molecule has 4 N–H and O–H groups in total. The summed E-state index contributed by atoms with van der Waals surface area (Å²) < 4.78 is 1.47. The van der Waals surface area contributed by atoms with Gasteiger partial charge in [-0.3, -0.25) is 4.79 Å². The van der Waals surface area contributed by atoms with Gasteiger partial charge in [-0.1, -0.05) is 82.3 Å². The maximum absolute atomic E-state index is 13.2. The minimum atomic E-state index is -1.60. The van der Waals surface area contributed by atoms with Crippen LogP contribution in [0.2, 0.25) is 0 Å². The van der Waals surface area contributed by atoms with Crippen LogP contribution in [0.4, 0.5) is 5.69 Å². The van der Waals surface area contributed by atoms with E-state index in [2.05, 4.69) is 10.3 Å². The monoisotopic (exact) mass is 568 g/mol. The summed E-state index contributed by atoms with van der Waals surface area (Å²) in [7, 11) is 0. The number of aliphatic hydroxyl groups excluding tert-OH is 4. The third-order valence-corrected chi connectivity index (χ3v) is 6.69. The van der Waals surface area contributed by atoms with Crippen molar-refractivity contribution in [2.45, 2.75) is 98.3 Å². The van der Waals surface area contributed by atoms with Gasteiger partial charge in [-0.15, -0.1) is 5.10 Å². The minimum Gasteiger partial charge on any atom is -0.390 e. The van der Waals surface area contributed by atoms with Gasteiger partial charge in [0.05, 0.1) is 30.6 Å². The van der Waals surface area contributed by atoms with E-state index in [0.29, 0.717) is 22.6 Å². The summed E-state index contributed by atoms with van der Waals surface area (Å²) in [5.41, 5.74) is 3.93. The Hall–Kier alpha value is -3.44. The zero-order chi connectivity index (χ0) is 30.7. The lowest BCUT2D eigenvalue weighted by atomic mass is 9.95. The van der Waals surface area contributed by atoms with Crippen LogP contribution in [0.15, 0.2) is 48.5 Å². The van der Waals surface area contributed by atoms with Crippen LogP contribution in [0.25, 0.3) is 22.5 Å². The number of hydrogen-bond donors (Lipinski definition) is 4. The van der Waals surface area contributed by atoms with Crippen molar-refractivity contribution in [3.8, 4) is 22.5 Å². The maximum Gasteiger partial charge on any atom is 0.227 e. The van der Waals surface area contributed by atoms with E-state index < -0.39 is 24.4 Å². The number of aromatic nitrogens is 3. The highest BCUT2D eigenvalue weighted by Gasteiger charge is 2.33. The molecule has 10 heteroatoms. The Morgan fingerprint density at radius 2 is 1.44 bits per heavy atom. The summed E-state index contributed by atoms with van der Waals surface area (Å²) in [5, 5.41) is 49.9. The van der Waals surface area contributed by atoms with E-state index in [0.717, 1.165) is 11.1 Å². The van der Waals surface area contributed by atoms with Crippen molar-refractivity contribution in [1.29, 1.82) is 0 Å². The number of hydrogen-bond acceptors (Lipinski definition) is 8. The molecule has 2 heterocycles. The van der Waals surface area contributed by atoms with E-state index in [-0.39, 0.29) is 44.0 Å². The average Bonchev–Trinajstić information content (AvgIpc) is 3.41. The summed E-state index contributed by atoms with van der Waals surface area (Å²) >= 11 is 0. The van der Waals surface area contributed by atoms with Gasteiger partial charge in [0.15, 0.2) is 0 Å². The molecule has 224 valence electrons. The molecule has 4 atom stereocenters. The van der Waals surface area contributed by atoms with Gasteiger partial charge >= 0.3 is 0 Å². The molecule has 0 saturated heterocycles. The summed E-state index contributed by atoms with van der Waals surface area (Å²) in [4.78, 5) is 26.4. The molecule has 0 spiro atoms. The molecule has 10 nitrogen and oxygen atoms in total. The third-order valence-electron chi connectivity index (χ3n) is 6.69. The number of amides is 1. The zero-order valence-corrected chi connectivity index (χ0v) is 24.9. The molecule has 4 unspecified atom stereocenters. The second-order valence-corrected chi connectivity index (χ2v) is 9.35. The molecule has 0 aliphatic carbocycles. The standard InChI is InChI=1S/C27H32N4O6.2C2H6/c1-3-21(33)26(36)27(37)22(34)15-31-25-18-9-5-4-8-17(18)14-30(23(35)13-12-16(2)32)20-11-7-6-10-19(20)24(25)28-29-31;2*1-2/h4-11,21-22,26-27,33-34,36-37H,3,12-15H2,1-2H3;2*1-2H3. The number of Topliss-reactive ketones (excluding diaryl/α,β-unsaturated/α-hetero) is 1. The molecule has 0 saturated carbocycles. The van der Waals surface area contributed by atoms with E-state index in [1.54, 1.807) is 11.8 Å². The van der Waals surface area contributed by atoms with E-state index in [4.69, 9.17) is 0 Å². The quantitative estimate of drug-likeness (QED) is 0.305. The highest BCUT2D eigenvalue weighted by molar-refractivity contribution is 6.01. The second kappa shape index (κ2) is 16.1. The predicted octanol–water partition coefficient (Wildman–Crippen LogP) is 3.73. The van der Waals surface area contributed by atoms with Gasteiger partial charge in [0.1, 0.15) is 29.8 Å². The van der Waals surface area contributed by atoms with E-state index in [9.17, 15) is 30.0 Å². The number of rotatable bonds is 9. The molecule has 0 fully saturated rings. The Labute approximate surface area is 242 Å². The average molecular weight is 569 g/mol. The topological polar surface area (TPSA) is 149 Å². The summed E-state index contributed by atoms with van der Waals surface area (Å²) in [5.74, 6) is -0.244. The van der Waals surface area contributed by atoms with Crippen LogP contribution in [0.1, 0.15) is 66.4 Å². The van der Waals surface area contributed by atoms with Gasteiger partial charge in [0.25, 0.3) is 0 Å². The molecular weight excluding hydrogens is 524 g/mol. The molecule has 3 aromatic rings. The number of nitrogens with zero attached hydrogens (tertiary/aromatic N) is 4. The highest BCUT2D eigenvalue weighted by Crippen LogP contribution is 2.41. The Morgan fingerprint density at radius 3 is 2.07 bits per heavy atom. The van der Waals surface area contributed by atoms with Crippen LogP contribution >= 0.6 is 0 Å². The number of ketones is 1. The largest absolute Gasteiger partial charge is 0.390 e. The van der Waals surface area contributed by atoms with E-state index in [1.165, 1.54) is 11.6 Å². The SMILES string of the molecule is CC.CC.CCC(O)C(O)C(O)C(O)Cn1nnc2c1-c1ccccc1CN(C(=O)CCC(C)=O)c1ccccc1-2. The lowest BCUT2D eigenvalue weighted by Gasteiger charge is -2.29. The maximum atomic E-state index is 13.2. The molecule has 1 aromatic heterocycles. The third kappa shape index (κ3) is 7.85. The Bertz CT molecular complexity index is 1280. The number of aliphatic hydroxyl groups is 4. The number of carbonyl (C=O) groups is 2. The molecule has 41 heavy (non-hydrogen) atoms. The lowest BCUT2D eigenvalue weighted by molar-refractivity contribution is -0.123. The molecule has 1 aliphatic rings. The number of carbonyl (C=O) groups excluding carboxylic acids is 2. The Balaban J connectivity index is 0.00000141. The van der Waals surface area contributed by atoms with Crippen molar-refractivity contribution in [2.24, 2.45) is 0 Å². The predicted molar refractivity (Wildman–Crippen MR) is 159 cm³/mol. The fraction of sp³-hybridized carbons (Fsp3) is 0.484. The number of anilines is 1. The molecule has 4 rings (SSSR count). The normalized spacial score (nSPS) is 14.6. The van der Waals surface area contributed by atoms with Crippen molar-refractivity contribution < 1.29 is 30.0 Å². The minimum absolute atomic E-state index is 0.0587. The van der Waals surface area contributed by atoms with Gasteiger partial charge < -0.3 is 30.1 Å². The van der Waals surface area contributed by atoms with E-state index in [1.807, 2.05) is 76.2 Å². The smallest absolute Gasteiger partial charge is 0.227 e. The van der Waals surface area contributed by atoms with E-state index >= 15 is 0 Å². The first-order valence-corrected chi connectivity index (χ1v) is 14.4. The van der Waals surface area contributed by atoms with Gasteiger partial charge in [0.2, 0.25) is 5.91 Å². The zero-order valence-electron chi connectivity index (χ0n) is 24.9. The lowest BCUT2D eigenvalue weighted by Crippen LogP contribution is -2.45. The molecule has 2 aromatic carbocycles. The summed E-state index contributed by atoms with van der Waals surface area (Å²) in [6, 6.07) is 14.8. The molecule has 0 bridgehead atoms. The van der Waals surface area contributed by atoms with Crippen LogP contribution in [0, 0.1) is 0 Å². The fourth-order valence-electron chi connectivity index (χ4n) is 4.57. The van der Waals surface area contributed by atoms with Gasteiger partial charge in [0, 0.05) is 24.0 Å². The van der Waals surface area contributed by atoms with Gasteiger partial charge in [-0.25, -0.2) is 4.68 Å². The summed E-state index contributed by atoms with van der Waals surface area (Å²) in [6.07, 6.45) is -5.27. The second-order valence-electron chi connectivity index (χ2n) is 9.35. The molecule has 1 aliphatic heterocycles. The van der Waals surface area contributed by atoms with Crippen molar-refractivity contribution in [3.63, 3.8) is 0 Å². The first kappa shape index (κ1) is 33.8. The summed E-state index contributed by atoms with van der Waals surface area (Å²) in [6.45, 7) is 11.2. The van der Waals surface area contributed by atoms with Crippen LogP contribution in [-0.4, -0.2) is 71.5 Å². The molecule has 0 radical (unpaired) electrons. The van der Waals surface area contributed by atoms with Crippen LogP contribution in [-0.2, 0) is 22.7 Å². The van der Waals surface area contributed by atoms with Gasteiger partial charge in [-0.05, 0) is 25.0 Å². The Kier molecular flexibility index (Phi) is 13.3. The highest BCUT2D eigenvalue weighted by atomic mass is 16.4. The van der Waals surface area contributed by atoms with Gasteiger partial charge in [-0.2, -0.15) is 0 Å². The number of fused-ring (bicyclic) bond motifs is 5. The van der Waals surface area contributed by atoms with Crippen LogP contribution in [0.3, 0.4) is 0 Å². The van der Waals surface area contributed by atoms with Crippen LogP contribution < -0.4 is 4.90 Å².